The van der Waals surface area contributed by atoms with Crippen molar-refractivity contribution in [2.24, 2.45) is 0 Å². The molecule has 0 bridgehead atoms. The number of carbonyl (C=O) groups excluding carboxylic acids is 2. The summed E-state index contributed by atoms with van der Waals surface area (Å²) in [5.74, 6) is -0.203. The molecule has 0 aliphatic heterocycles. The fraction of sp³-hybridized carbons (Fsp3) is 0.448. The van der Waals surface area contributed by atoms with E-state index in [2.05, 4.69) is 21.7 Å². The Hall–Kier alpha value is -3.98. The van der Waals surface area contributed by atoms with E-state index in [0.717, 1.165) is 16.6 Å². The summed E-state index contributed by atoms with van der Waals surface area (Å²) in [6.07, 6.45) is 3.09. The van der Waals surface area contributed by atoms with Gasteiger partial charge in [-0.05, 0) is 56.5 Å². The Morgan fingerprint density at radius 3 is 2.27 bits per heavy atom. The molecule has 2 heterocycles. The Kier molecular flexibility index (Phi) is 11.9. The third-order valence-corrected chi connectivity index (χ3v) is 5.50. The number of ether oxygens (including phenoxy) is 4. The molecule has 1 aromatic carbocycles. The molecule has 2 amide bonds. The van der Waals surface area contributed by atoms with E-state index in [0.29, 0.717) is 70.4 Å². The van der Waals surface area contributed by atoms with Gasteiger partial charge in [-0.3, -0.25) is 9.78 Å². The Morgan fingerprint density at radius 1 is 0.925 bits per heavy atom. The maximum absolute atomic E-state index is 12.6. The maximum Gasteiger partial charge on any atom is 0.407 e. The van der Waals surface area contributed by atoms with Gasteiger partial charge in [-0.1, -0.05) is 6.07 Å². The first kappa shape index (κ1) is 30.6. The molecule has 2 N–H and O–H groups in total. The monoisotopic (exact) mass is 551 g/mol. The fourth-order valence-electron chi connectivity index (χ4n) is 3.69. The lowest BCUT2D eigenvalue weighted by Gasteiger charge is -2.19. The van der Waals surface area contributed by atoms with Gasteiger partial charge in [0.1, 0.15) is 5.60 Å². The van der Waals surface area contributed by atoms with Crippen molar-refractivity contribution in [1.82, 2.24) is 20.2 Å². The van der Waals surface area contributed by atoms with Gasteiger partial charge in [0.2, 0.25) is 0 Å². The average molecular weight is 552 g/mol. The zero-order valence-electron chi connectivity index (χ0n) is 23.3. The third kappa shape index (κ3) is 10.6. The second-order valence-electron chi connectivity index (χ2n) is 9.89. The van der Waals surface area contributed by atoms with E-state index in [1.807, 2.05) is 29.0 Å². The van der Waals surface area contributed by atoms with Crippen LogP contribution < -0.4 is 10.6 Å². The summed E-state index contributed by atoms with van der Waals surface area (Å²) in [7, 11) is 0. The van der Waals surface area contributed by atoms with Crippen LogP contribution >= 0.6 is 0 Å². The first-order valence-electron chi connectivity index (χ1n) is 13.2. The van der Waals surface area contributed by atoms with E-state index in [4.69, 9.17) is 18.9 Å². The molecule has 0 atom stereocenters. The lowest BCUT2D eigenvalue weighted by atomic mass is 10.2. The van der Waals surface area contributed by atoms with Crippen LogP contribution in [0, 0.1) is 11.3 Å². The maximum atomic E-state index is 12.6. The Balaban J connectivity index is 1.24. The number of hydrogen-bond acceptors (Lipinski definition) is 8. The lowest BCUT2D eigenvalue weighted by Crippen LogP contribution is -2.34. The van der Waals surface area contributed by atoms with Crippen molar-refractivity contribution in [1.29, 1.82) is 5.26 Å². The number of nitrogens with one attached hydrogen (secondary N) is 2. The number of hydrogen-bond donors (Lipinski definition) is 2. The number of rotatable bonds is 15. The normalized spacial score (nSPS) is 11.2. The molecule has 0 aliphatic carbocycles. The van der Waals surface area contributed by atoms with Crippen molar-refractivity contribution in [2.75, 3.05) is 52.7 Å². The number of aromatic nitrogens is 2. The van der Waals surface area contributed by atoms with Gasteiger partial charge < -0.3 is 34.1 Å². The van der Waals surface area contributed by atoms with Gasteiger partial charge in [-0.15, -0.1) is 0 Å². The lowest BCUT2D eigenvalue weighted by molar-refractivity contribution is 0.0145. The smallest absolute Gasteiger partial charge is 0.407 e. The molecule has 0 aliphatic rings. The zero-order chi connectivity index (χ0) is 28.8. The van der Waals surface area contributed by atoms with Crippen LogP contribution in [0.1, 0.15) is 42.4 Å². The number of amides is 2. The molecule has 0 saturated heterocycles. The molecule has 0 saturated carbocycles. The molecular formula is C29H37N5O6. The Labute approximate surface area is 234 Å². The van der Waals surface area contributed by atoms with E-state index < -0.39 is 11.7 Å². The first-order chi connectivity index (χ1) is 19.2. The second kappa shape index (κ2) is 15.6. The highest BCUT2D eigenvalue weighted by Crippen LogP contribution is 2.18. The number of alkyl carbamates (subject to hydrolysis) is 1. The van der Waals surface area contributed by atoms with Crippen LogP contribution in [-0.4, -0.2) is 79.9 Å². The van der Waals surface area contributed by atoms with E-state index in [1.165, 1.54) is 0 Å². The van der Waals surface area contributed by atoms with Crippen LogP contribution in [0.5, 0.6) is 0 Å². The minimum atomic E-state index is -0.526. The van der Waals surface area contributed by atoms with Gasteiger partial charge in [0, 0.05) is 36.6 Å². The van der Waals surface area contributed by atoms with E-state index >= 15 is 0 Å². The van der Waals surface area contributed by atoms with Gasteiger partial charge in [-0.25, -0.2) is 4.79 Å². The SMILES string of the molecule is CC(C)(C)OC(=O)NCCOCCOCCOCCNC(=O)c1ccnc(Cn2ccc3ccc(C#N)cc32)c1. The summed E-state index contributed by atoms with van der Waals surface area (Å²) in [5.41, 5.74) is 2.27. The van der Waals surface area contributed by atoms with E-state index in [1.54, 1.807) is 45.2 Å². The van der Waals surface area contributed by atoms with Crippen LogP contribution in [0.15, 0.2) is 48.8 Å². The van der Waals surface area contributed by atoms with Gasteiger partial charge in [0.15, 0.2) is 0 Å². The Bertz CT molecular complexity index is 1290. The highest BCUT2D eigenvalue weighted by atomic mass is 16.6. The fourth-order valence-corrected chi connectivity index (χ4v) is 3.69. The molecular weight excluding hydrogens is 514 g/mol. The van der Waals surface area contributed by atoms with Gasteiger partial charge in [0.25, 0.3) is 5.91 Å². The average Bonchev–Trinajstić information content (AvgIpc) is 3.31. The molecule has 2 aromatic heterocycles. The summed E-state index contributed by atoms with van der Waals surface area (Å²) in [4.78, 5) is 28.5. The van der Waals surface area contributed by atoms with Crippen LogP contribution in [0.4, 0.5) is 4.79 Å². The van der Waals surface area contributed by atoms with Gasteiger partial charge >= 0.3 is 6.09 Å². The van der Waals surface area contributed by atoms with Crippen LogP contribution in [0.2, 0.25) is 0 Å². The number of carbonyl (C=O) groups is 2. The van der Waals surface area contributed by atoms with Crippen LogP contribution in [0.25, 0.3) is 10.9 Å². The number of fused-ring (bicyclic) bond motifs is 1. The number of nitrogens with zero attached hydrogens (tertiary/aromatic N) is 3. The molecule has 11 heteroatoms. The van der Waals surface area contributed by atoms with Crippen molar-refractivity contribution < 1.29 is 28.5 Å². The molecule has 0 spiro atoms. The van der Waals surface area contributed by atoms with Crippen molar-refractivity contribution in [2.45, 2.75) is 32.9 Å². The molecule has 3 aromatic rings. The summed E-state index contributed by atoms with van der Waals surface area (Å²) < 4.78 is 23.5. The van der Waals surface area contributed by atoms with E-state index in [9.17, 15) is 14.9 Å². The van der Waals surface area contributed by atoms with Crippen molar-refractivity contribution >= 4 is 22.9 Å². The predicted molar refractivity (Wildman–Crippen MR) is 149 cm³/mol. The quantitative estimate of drug-likeness (QED) is 0.275. The second-order valence-corrected chi connectivity index (χ2v) is 9.89. The molecule has 11 nitrogen and oxygen atoms in total. The topological polar surface area (TPSA) is 137 Å². The molecule has 214 valence electrons. The van der Waals surface area contributed by atoms with Gasteiger partial charge in [-0.2, -0.15) is 5.26 Å². The number of pyridine rings is 1. The zero-order valence-corrected chi connectivity index (χ0v) is 23.3. The summed E-state index contributed by atoms with van der Waals surface area (Å²) in [6.45, 7) is 8.97. The van der Waals surface area contributed by atoms with Gasteiger partial charge in [0.05, 0.1) is 63.5 Å². The number of benzene rings is 1. The first-order valence-corrected chi connectivity index (χ1v) is 13.2. The minimum Gasteiger partial charge on any atom is -0.444 e. The summed E-state index contributed by atoms with van der Waals surface area (Å²) >= 11 is 0. The molecule has 3 rings (SSSR count). The third-order valence-electron chi connectivity index (χ3n) is 5.50. The van der Waals surface area contributed by atoms with Crippen LogP contribution in [-0.2, 0) is 25.5 Å². The minimum absolute atomic E-state index is 0.203. The van der Waals surface area contributed by atoms with Crippen molar-refractivity contribution in [3.05, 3.63) is 65.6 Å². The van der Waals surface area contributed by atoms with E-state index in [-0.39, 0.29) is 5.91 Å². The van der Waals surface area contributed by atoms with Crippen molar-refractivity contribution in [3.8, 4) is 6.07 Å². The largest absolute Gasteiger partial charge is 0.444 e. The highest BCUT2D eigenvalue weighted by molar-refractivity contribution is 5.94. The molecule has 0 fully saturated rings. The predicted octanol–water partition coefficient (Wildman–Crippen LogP) is 3.26. The summed E-state index contributed by atoms with van der Waals surface area (Å²) in [6, 6.07) is 13.1. The molecule has 0 radical (unpaired) electrons. The Morgan fingerprint density at radius 2 is 1.60 bits per heavy atom. The standard InChI is InChI=1S/C29H37N5O6/c1-29(2,3)40-28(36)33-10-13-38-15-17-39-16-14-37-12-9-32-27(35)24-6-8-31-25(19-24)21-34-11-7-23-5-4-22(20-30)18-26(23)34/h4-8,11,18-19H,9-10,12-17,21H2,1-3H3,(H,32,35)(H,33,36). The molecule has 40 heavy (non-hydrogen) atoms. The summed E-state index contributed by atoms with van der Waals surface area (Å²) in [5, 5.41) is 15.7. The number of nitriles is 1. The molecule has 0 unspecified atom stereocenters. The van der Waals surface area contributed by atoms with Crippen LogP contribution in [0.3, 0.4) is 0 Å². The van der Waals surface area contributed by atoms with Crippen molar-refractivity contribution in [3.63, 3.8) is 0 Å². The highest BCUT2D eigenvalue weighted by Gasteiger charge is 2.15.